The van der Waals surface area contributed by atoms with E-state index in [-0.39, 0.29) is 18.0 Å². The minimum absolute atomic E-state index is 0.0132. The van der Waals surface area contributed by atoms with Crippen molar-refractivity contribution in [1.29, 1.82) is 0 Å². The van der Waals surface area contributed by atoms with E-state index in [0.717, 1.165) is 41.5 Å². The lowest BCUT2D eigenvalue weighted by molar-refractivity contribution is -0.143. The molecule has 0 radical (unpaired) electrons. The highest BCUT2D eigenvalue weighted by molar-refractivity contribution is 9.10. The van der Waals surface area contributed by atoms with E-state index < -0.39 is 0 Å². The molecule has 4 heteroatoms. The number of carbonyl (C=O) groups is 1. The van der Waals surface area contributed by atoms with Crippen LogP contribution in [0.2, 0.25) is 0 Å². The molecule has 0 fully saturated rings. The van der Waals surface area contributed by atoms with Gasteiger partial charge in [0.1, 0.15) is 11.9 Å². The van der Waals surface area contributed by atoms with Gasteiger partial charge in [0.25, 0.3) is 0 Å². The first-order valence-electron chi connectivity index (χ1n) is 11.7. The number of esters is 1. The molecule has 4 rings (SSSR count). The first-order valence-corrected chi connectivity index (χ1v) is 12.5. The number of allylic oxidation sites excluding steroid dienone is 4. The molecule has 170 valence electrons. The van der Waals surface area contributed by atoms with Gasteiger partial charge in [-0.15, -0.1) is 0 Å². The van der Waals surface area contributed by atoms with Gasteiger partial charge in [-0.3, -0.25) is 4.79 Å². The van der Waals surface area contributed by atoms with Crippen LogP contribution < -0.4 is 4.74 Å². The number of ether oxygens (including phenoxy) is 2. The summed E-state index contributed by atoms with van der Waals surface area (Å²) in [6.45, 7) is 6.26. The molecule has 0 bridgehead atoms. The highest BCUT2D eigenvalue weighted by atomic mass is 79.9. The van der Waals surface area contributed by atoms with Gasteiger partial charge < -0.3 is 9.47 Å². The Kier molecular flexibility index (Phi) is 9.16. The summed E-state index contributed by atoms with van der Waals surface area (Å²) in [6, 6.07) is 14.6. The molecular formula is C28H33BrO3. The maximum absolute atomic E-state index is 12.2. The Hall–Kier alpha value is -2.33. The zero-order valence-electron chi connectivity index (χ0n) is 19.3. The normalized spacial score (nSPS) is 17.5. The largest absolute Gasteiger partial charge is 0.486 e. The van der Waals surface area contributed by atoms with E-state index in [1.807, 2.05) is 32.9 Å². The Morgan fingerprint density at radius 1 is 1.12 bits per heavy atom. The molecule has 2 unspecified atom stereocenters. The van der Waals surface area contributed by atoms with Gasteiger partial charge in [-0.05, 0) is 79.1 Å². The van der Waals surface area contributed by atoms with Crippen LogP contribution >= 0.6 is 15.9 Å². The van der Waals surface area contributed by atoms with Gasteiger partial charge in [-0.25, -0.2) is 0 Å². The molecule has 2 aliphatic carbocycles. The molecule has 2 atom stereocenters. The molecule has 0 amide bonds. The summed E-state index contributed by atoms with van der Waals surface area (Å²) in [5, 5.41) is 0. The van der Waals surface area contributed by atoms with E-state index in [0.29, 0.717) is 13.0 Å². The fourth-order valence-corrected chi connectivity index (χ4v) is 4.73. The number of fused-ring (bicyclic) bond motifs is 1. The van der Waals surface area contributed by atoms with Crippen molar-refractivity contribution in [2.45, 2.75) is 64.9 Å². The number of rotatable bonds is 7. The summed E-state index contributed by atoms with van der Waals surface area (Å²) in [7, 11) is 0. The number of benzene rings is 2. The fraction of sp³-hybridized carbons (Fsp3) is 0.393. The van der Waals surface area contributed by atoms with E-state index in [2.05, 4.69) is 64.5 Å². The lowest BCUT2D eigenvalue weighted by Gasteiger charge is -2.21. The average molecular weight is 497 g/mol. The number of hydrogen-bond donors (Lipinski definition) is 0. The highest BCUT2D eigenvalue weighted by Gasteiger charge is 2.25. The quantitative estimate of drug-likeness (QED) is 0.366. The Morgan fingerprint density at radius 2 is 1.91 bits per heavy atom. The lowest BCUT2D eigenvalue weighted by Crippen LogP contribution is -2.12. The predicted molar refractivity (Wildman–Crippen MR) is 134 cm³/mol. The zero-order chi connectivity index (χ0) is 22.9. The van der Waals surface area contributed by atoms with Crippen LogP contribution in [-0.4, -0.2) is 12.6 Å². The van der Waals surface area contributed by atoms with Crippen molar-refractivity contribution in [3.63, 3.8) is 0 Å². The zero-order valence-corrected chi connectivity index (χ0v) is 20.9. The minimum atomic E-state index is -0.156. The van der Waals surface area contributed by atoms with Crippen LogP contribution in [0.1, 0.15) is 75.2 Å². The first kappa shape index (κ1) is 24.3. The number of halogens is 1. The number of carbonyl (C=O) groups excluding carboxylic acids is 1. The van der Waals surface area contributed by atoms with Gasteiger partial charge in [-0.2, -0.15) is 0 Å². The minimum Gasteiger partial charge on any atom is -0.486 e. The molecule has 0 saturated carbocycles. The molecule has 32 heavy (non-hydrogen) atoms. The van der Waals surface area contributed by atoms with E-state index in [9.17, 15) is 4.79 Å². The Morgan fingerprint density at radius 3 is 2.59 bits per heavy atom. The van der Waals surface area contributed by atoms with Gasteiger partial charge in [-0.1, -0.05) is 66.2 Å². The second-order valence-corrected chi connectivity index (χ2v) is 8.72. The monoisotopic (exact) mass is 496 g/mol. The van der Waals surface area contributed by atoms with Gasteiger partial charge in [0.15, 0.2) is 0 Å². The first-order chi connectivity index (χ1) is 15.6. The summed E-state index contributed by atoms with van der Waals surface area (Å²) >= 11 is 3.55. The molecule has 3 nitrogen and oxygen atoms in total. The molecule has 0 aromatic heterocycles. The van der Waals surface area contributed by atoms with E-state index in [1.54, 1.807) is 0 Å². The van der Waals surface area contributed by atoms with Crippen molar-refractivity contribution in [1.82, 2.24) is 0 Å². The molecule has 0 saturated heterocycles. The number of aryl methyl sites for hydroxylation is 1. The molecule has 2 aliphatic rings. The second kappa shape index (κ2) is 12.1. The third-order valence-electron chi connectivity index (χ3n) is 5.79. The summed E-state index contributed by atoms with van der Waals surface area (Å²) in [4.78, 5) is 12.2. The fourth-order valence-electron chi connectivity index (χ4n) is 4.32. The van der Waals surface area contributed by atoms with Crippen molar-refractivity contribution >= 4 is 21.9 Å². The van der Waals surface area contributed by atoms with Crippen LogP contribution in [0.25, 0.3) is 0 Å². The lowest BCUT2D eigenvalue weighted by atomic mass is 9.85. The Bertz CT molecular complexity index is 959. The van der Waals surface area contributed by atoms with Crippen LogP contribution in [0, 0.1) is 0 Å². The topological polar surface area (TPSA) is 35.5 Å². The molecular weight excluding hydrogens is 464 g/mol. The van der Waals surface area contributed by atoms with Crippen LogP contribution in [0.3, 0.4) is 0 Å². The highest BCUT2D eigenvalue weighted by Crippen LogP contribution is 2.37. The molecule has 0 aliphatic heterocycles. The summed E-state index contributed by atoms with van der Waals surface area (Å²) in [5.41, 5.74) is 4.94. The number of hydrogen-bond acceptors (Lipinski definition) is 3. The standard InChI is InChI=1S/C26H27BrO3.C2H6/c1-2-29-26(28)17-24(18-6-4-3-5-7-18)19-8-12-22(13-9-19)30-25-15-10-20-16-21(27)11-14-23(20)25;1-2/h4,6-9,11-14,16,24-25H,2-3,5,10,15,17H2,1H3;1-2H3. The third kappa shape index (κ3) is 6.13. The Labute approximate surface area is 200 Å². The van der Waals surface area contributed by atoms with Gasteiger partial charge in [0.2, 0.25) is 0 Å². The van der Waals surface area contributed by atoms with Gasteiger partial charge >= 0.3 is 5.97 Å². The second-order valence-electron chi connectivity index (χ2n) is 7.80. The van der Waals surface area contributed by atoms with Crippen LogP contribution in [0.4, 0.5) is 0 Å². The van der Waals surface area contributed by atoms with Crippen LogP contribution in [0.5, 0.6) is 5.75 Å². The van der Waals surface area contributed by atoms with Crippen LogP contribution in [0.15, 0.2) is 70.7 Å². The maximum atomic E-state index is 12.2. The SMILES string of the molecule is CC.CCOC(=O)CC(C1=CCCC=C1)c1ccc(OC2CCc3cc(Br)ccc32)cc1. The molecule has 2 aromatic rings. The third-order valence-corrected chi connectivity index (χ3v) is 6.28. The van der Waals surface area contributed by atoms with Crippen molar-refractivity contribution in [2.24, 2.45) is 0 Å². The molecule has 2 aromatic carbocycles. The maximum Gasteiger partial charge on any atom is 0.306 e. The van der Waals surface area contributed by atoms with Gasteiger partial charge in [0.05, 0.1) is 13.0 Å². The summed E-state index contributed by atoms with van der Waals surface area (Å²) in [6.07, 6.45) is 11.1. The average Bonchev–Trinajstić information content (AvgIpc) is 3.22. The molecule has 0 N–H and O–H groups in total. The van der Waals surface area contributed by atoms with Crippen molar-refractivity contribution < 1.29 is 14.3 Å². The van der Waals surface area contributed by atoms with E-state index >= 15 is 0 Å². The van der Waals surface area contributed by atoms with Crippen molar-refractivity contribution in [3.05, 3.63) is 87.4 Å². The Balaban J connectivity index is 0.00000141. The van der Waals surface area contributed by atoms with Gasteiger partial charge in [0, 0.05) is 10.4 Å². The summed E-state index contributed by atoms with van der Waals surface area (Å²) < 4.78 is 12.6. The predicted octanol–water partition coefficient (Wildman–Crippen LogP) is 7.85. The smallest absolute Gasteiger partial charge is 0.306 e. The summed E-state index contributed by atoms with van der Waals surface area (Å²) in [5.74, 6) is 0.721. The molecule has 0 spiro atoms. The van der Waals surface area contributed by atoms with Crippen molar-refractivity contribution in [2.75, 3.05) is 6.61 Å². The van der Waals surface area contributed by atoms with E-state index in [4.69, 9.17) is 9.47 Å². The molecule has 0 heterocycles. The van der Waals surface area contributed by atoms with E-state index in [1.165, 1.54) is 16.7 Å². The van der Waals surface area contributed by atoms with Crippen molar-refractivity contribution in [3.8, 4) is 5.75 Å². The van der Waals surface area contributed by atoms with Crippen LogP contribution in [-0.2, 0) is 16.0 Å².